The zero-order valence-corrected chi connectivity index (χ0v) is 14.4. The second-order valence-corrected chi connectivity index (χ2v) is 6.31. The normalized spacial score (nSPS) is 22.5. The Bertz CT molecular complexity index is 977. The fraction of sp³-hybridized carbons (Fsp3) is 0.158. The maximum atomic E-state index is 12.6. The molecule has 0 bridgehead atoms. The van der Waals surface area contributed by atoms with Gasteiger partial charge in [0.1, 0.15) is 11.5 Å². The molecule has 0 aliphatic carbocycles. The lowest BCUT2D eigenvalue weighted by Crippen LogP contribution is -2.54. The summed E-state index contributed by atoms with van der Waals surface area (Å²) in [5.74, 6) is -0.842. The molecule has 2 aromatic carbocycles. The second-order valence-electron chi connectivity index (χ2n) is 6.31. The third kappa shape index (κ3) is 3.02. The predicted octanol–water partition coefficient (Wildman–Crippen LogP) is 1.19. The van der Waals surface area contributed by atoms with E-state index in [2.05, 4.69) is 16.0 Å². The van der Waals surface area contributed by atoms with Crippen LogP contribution in [0.2, 0.25) is 0 Å². The monoisotopic (exact) mass is 381 g/mol. The smallest absolute Gasteiger partial charge is 0.419 e. The molecular weight excluding hydrogens is 366 g/mol. The molecule has 5 amide bonds. The first-order chi connectivity index (χ1) is 13.5. The van der Waals surface area contributed by atoms with E-state index in [4.69, 9.17) is 9.47 Å². The van der Waals surface area contributed by atoms with E-state index in [9.17, 15) is 19.2 Å². The van der Waals surface area contributed by atoms with Gasteiger partial charge < -0.3 is 14.8 Å². The van der Waals surface area contributed by atoms with Crippen molar-refractivity contribution < 1.29 is 28.7 Å². The zero-order valence-electron chi connectivity index (χ0n) is 14.4. The van der Waals surface area contributed by atoms with Gasteiger partial charge in [-0.3, -0.25) is 20.2 Å². The third-order valence-electron chi connectivity index (χ3n) is 4.52. The van der Waals surface area contributed by atoms with E-state index in [0.29, 0.717) is 5.56 Å². The minimum atomic E-state index is -1.45. The van der Waals surface area contributed by atoms with Crippen LogP contribution in [0.4, 0.5) is 9.59 Å². The molecule has 1 spiro atoms. The average molecular weight is 381 g/mol. The van der Waals surface area contributed by atoms with E-state index in [0.717, 1.165) is 0 Å². The summed E-state index contributed by atoms with van der Waals surface area (Å²) in [6, 6.07) is 14.1. The molecule has 0 radical (unpaired) electrons. The largest absolute Gasteiger partial charge is 0.480 e. The van der Waals surface area contributed by atoms with E-state index >= 15 is 0 Å². The first-order valence-corrected chi connectivity index (χ1v) is 8.45. The lowest BCUT2D eigenvalue weighted by Gasteiger charge is -2.36. The highest BCUT2D eigenvalue weighted by atomic mass is 16.6. The number of hydrogen-bond donors (Lipinski definition) is 3. The van der Waals surface area contributed by atoms with Crippen LogP contribution in [0, 0.1) is 0 Å². The zero-order chi connectivity index (χ0) is 19.7. The quantitative estimate of drug-likeness (QED) is 0.672. The lowest BCUT2D eigenvalue weighted by atomic mass is 9.81. The van der Waals surface area contributed by atoms with Crippen molar-refractivity contribution in [2.24, 2.45) is 0 Å². The highest BCUT2D eigenvalue weighted by Gasteiger charge is 2.54. The molecule has 9 nitrogen and oxygen atoms in total. The molecular formula is C19H15N3O6. The van der Waals surface area contributed by atoms with Crippen LogP contribution in [0.25, 0.3) is 0 Å². The number of urea groups is 1. The molecule has 2 unspecified atom stereocenters. The second kappa shape index (κ2) is 6.69. The molecule has 3 N–H and O–H groups in total. The van der Waals surface area contributed by atoms with Crippen LogP contribution in [0.5, 0.6) is 11.5 Å². The first-order valence-electron chi connectivity index (χ1n) is 8.45. The number of rotatable bonds is 2. The minimum Gasteiger partial charge on any atom is -0.480 e. The van der Waals surface area contributed by atoms with Crippen LogP contribution in [0.3, 0.4) is 0 Å². The number of para-hydroxylation sites is 2. The van der Waals surface area contributed by atoms with Gasteiger partial charge >= 0.3 is 12.1 Å². The third-order valence-corrected chi connectivity index (χ3v) is 4.52. The van der Waals surface area contributed by atoms with E-state index in [-0.39, 0.29) is 17.9 Å². The molecule has 0 aromatic heterocycles. The SMILES string of the molecule is O=C1NC(=O)C2(CC(C(=O)NC(=O)Oc3ccccc3)Oc3ccccc32)N1. The van der Waals surface area contributed by atoms with Gasteiger partial charge in [0.25, 0.3) is 11.8 Å². The predicted molar refractivity (Wildman–Crippen MR) is 94.4 cm³/mol. The van der Waals surface area contributed by atoms with Crippen molar-refractivity contribution in [2.45, 2.75) is 18.1 Å². The molecule has 2 aliphatic rings. The maximum absolute atomic E-state index is 12.6. The fourth-order valence-corrected chi connectivity index (χ4v) is 3.28. The van der Waals surface area contributed by atoms with E-state index < -0.39 is 35.6 Å². The van der Waals surface area contributed by atoms with Crippen LogP contribution in [-0.4, -0.2) is 30.0 Å². The number of carbonyl (C=O) groups excluding carboxylic acids is 4. The summed E-state index contributed by atoms with van der Waals surface area (Å²) in [4.78, 5) is 48.8. The van der Waals surface area contributed by atoms with Crippen LogP contribution in [0.1, 0.15) is 12.0 Å². The van der Waals surface area contributed by atoms with Crippen molar-refractivity contribution in [3.05, 3.63) is 60.2 Å². The van der Waals surface area contributed by atoms with Gasteiger partial charge in [-0.25, -0.2) is 9.59 Å². The number of imide groups is 2. The lowest BCUT2D eigenvalue weighted by molar-refractivity contribution is -0.132. The molecule has 0 saturated carbocycles. The van der Waals surface area contributed by atoms with Gasteiger partial charge in [-0.2, -0.15) is 0 Å². The number of hydrogen-bond acceptors (Lipinski definition) is 6. The number of amides is 5. The van der Waals surface area contributed by atoms with Crippen LogP contribution in [-0.2, 0) is 15.1 Å². The van der Waals surface area contributed by atoms with Crippen molar-refractivity contribution in [1.82, 2.24) is 16.0 Å². The Labute approximate surface area is 159 Å². The number of benzene rings is 2. The summed E-state index contributed by atoms with van der Waals surface area (Å²) in [5, 5.41) is 6.85. The topological polar surface area (TPSA) is 123 Å². The first kappa shape index (κ1) is 17.5. The summed E-state index contributed by atoms with van der Waals surface area (Å²) in [5.41, 5.74) is -1.01. The van der Waals surface area contributed by atoms with E-state index in [1.807, 2.05) is 0 Å². The molecule has 1 fully saturated rings. The Hall–Kier alpha value is -3.88. The molecule has 1 saturated heterocycles. The van der Waals surface area contributed by atoms with Gasteiger partial charge in [-0.15, -0.1) is 0 Å². The van der Waals surface area contributed by atoms with Crippen molar-refractivity contribution in [3.8, 4) is 11.5 Å². The number of nitrogens with one attached hydrogen (secondary N) is 3. The molecule has 2 heterocycles. The standard InChI is InChI=1S/C19H15N3O6/c23-15(20-18(26)27-11-6-2-1-3-7-11)14-10-19(16(24)21-17(25)22-19)12-8-4-5-9-13(12)28-14/h1-9,14H,10H2,(H,20,23,26)(H2,21,22,24,25). The van der Waals surface area contributed by atoms with Crippen LogP contribution in [0.15, 0.2) is 54.6 Å². The fourth-order valence-electron chi connectivity index (χ4n) is 3.28. The number of carbonyl (C=O) groups is 4. The molecule has 2 aromatic rings. The number of ether oxygens (including phenoxy) is 2. The summed E-state index contributed by atoms with van der Waals surface area (Å²) >= 11 is 0. The Morgan fingerprint density at radius 1 is 1.07 bits per heavy atom. The highest BCUT2D eigenvalue weighted by molar-refractivity contribution is 6.08. The van der Waals surface area contributed by atoms with E-state index in [1.54, 1.807) is 54.6 Å². The van der Waals surface area contributed by atoms with Crippen molar-refractivity contribution in [2.75, 3.05) is 0 Å². The highest BCUT2D eigenvalue weighted by Crippen LogP contribution is 2.41. The van der Waals surface area contributed by atoms with Gasteiger partial charge in [0.15, 0.2) is 11.6 Å². The minimum absolute atomic E-state index is 0.175. The summed E-state index contributed by atoms with van der Waals surface area (Å²) in [7, 11) is 0. The molecule has 28 heavy (non-hydrogen) atoms. The Balaban J connectivity index is 1.54. The molecule has 9 heteroatoms. The summed E-state index contributed by atoms with van der Waals surface area (Å²) < 4.78 is 10.7. The Kier molecular flexibility index (Phi) is 4.19. The van der Waals surface area contributed by atoms with Gasteiger partial charge in [-0.1, -0.05) is 36.4 Å². The van der Waals surface area contributed by atoms with Crippen LogP contribution >= 0.6 is 0 Å². The van der Waals surface area contributed by atoms with Gasteiger partial charge in [0, 0.05) is 12.0 Å². The Morgan fingerprint density at radius 3 is 2.50 bits per heavy atom. The van der Waals surface area contributed by atoms with Crippen molar-refractivity contribution in [1.29, 1.82) is 0 Å². The molecule has 2 atom stereocenters. The molecule has 2 aliphatic heterocycles. The number of fused-ring (bicyclic) bond motifs is 2. The van der Waals surface area contributed by atoms with Crippen molar-refractivity contribution >= 4 is 23.9 Å². The van der Waals surface area contributed by atoms with Gasteiger partial charge in [-0.05, 0) is 18.2 Å². The maximum Gasteiger partial charge on any atom is 0.419 e. The van der Waals surface area contributed by atoms with Crippen molar-refractivity contribution in [3.63, 3.8) is 0 Å². The van der Waals surface area contributed by atoms with Crippen LogP contribution < -0.4 is 25.4 Å². The van der Waals surface area contributed by atoms with Gasteiger partial charge in [0.05, 0.1) is 0 Å². The van der Waals surface area contributed by atoms with Gasteiger partial charge in [0.2, 0.25) is 0 Å². The summed E-state index contributed by atoms with van der Waals surface area (Å²) in [6.07, 6.45) is -2.35. The summed E-state index contributed by atoms with van der Waals surface area (Å²) in [6.45, 7) is 0. The van der Waals surface area contributed by atoms with E-state index in [1.165, 1.54) is 0 Å². The molecule has 4 rings (SSSR count). The Morgan fingerprint density at radius 2 is 1.79 bits per heavy atom. The average Bonchev–Trinajstić information content (AvgIpc) is 2.96. The molecule has 142 valence electrons.